The summed E-state index contributed by atoms with van der Waals surface area (Å²) in [6.07, 6.45) is -2.16. The quantitative estimate of drug-likeness (QED) is 0.557. The summed E-state index contributed by atoms with van der Waals surface area (Å²) in [5.74, 6) is 0. The Kier molecular flexibility index (Phi) is 4.55. The average Bonchev–Trinajstić information content (AvgIpc) is 2.54. The largest absolute Gasteiger partial charge is 0.416 e. The van der Waals surface area contributed by atoms with Gasteiger partial charge in [0, 0.05) is 5.02 Å². The highest BCUT2D eigenvalue weighted by Gasteiger charge is 2.38. The summed E-state index contributed by atoms with van der Waals surface area (Å²) in [5.41, 5.74) is 2.73. The van der Waals surface area contributed by atoms with Crippen LogP contribution in [0.2, 0.25) is 5.02 Å². The predicted octanol–water partition coefficient (Wildman–Crippen LogP) is 6.84. The van der Waals surface area contributed by atoms with Crippen LogP contribution in [0.15, 0.2) is 60.2 Å². The SMILES string of the molecule is Cc1ccc(C2=C(c3cccc(Cl)c3)CCC=C2C(F)(F)F)cc1. The van der Waals surface area contributed by atoms with Crippen LogP contribution in [-0.2, 0) is 0 Å². The first kappa shape index (κ1) is 16.8. The molecule has 4 heteroatoms. The Labute approximate surface area is 144 Å². The molecular weight excluding hydrogens is 333 g/mol. The molecule has 1 aliphatic rings. The molecule has 2 aromatic rings. The van der Waals surface area contributed by atoms with Crippen molar-refractivity contribution >= 4 is 22.7 Å². The summed E-state index contributed by atoms with van der Waals surface area (Å²) in [6.45, 7) is 1.91. The van der Waals surface area contributed by atoms with E-state index in [-0.39, 0.29) is 5.57 Å². The summed E-state index contributed by atoms with van der Waals surface area (Å²) in [4.78, 5) is 0. The molecule has 0 nitrogen and oxygen atoms in total. The number of benzene rings is 2. The maximum absolute atomic E-state index is 13.6. The van der Waals surface area contributed by atoms with Gasteiger partial charge >= 0.3 is 6.18 Å². The van der Waals surface area contributed by atoms with Crippen molar-refractivity contribution in [1.82, 2.24) is 0 Å². The molecule has 0 unspecified atom stereocenters. The van der Waals surface area contributed by atoms with Gasteiger partial charge in [-0.2, -0.15) is 13.2 Å². The minimum Gasteiger partial charge on any atom is -0.166 e. The molecule has 0 saturated carbocycles. The highest BCUT2D eigenvalue weighted by Crippen LogP contribution is 2.45. The fraction of sp³-hybridized carbons (Fsp3) is 0.200. The van der Waals surface area contributed by atoms with Gasteiger partial charge in [-0.05, 0) is 54.2 Å². The molecule has 0 bridgehead atoms. The molecule has 0 atom stereocenters. The van der Waals surface area contributed by atoms with Crippen molar-refractivity contribution in [3.63, 3.8) is 0 Å². The second-order valence-corrected chi connectivity index (χ2v) is 6.32. The molecular formula is C20H16ClF3. The fourth-order valence-electron chi connectivity index (χ4n) is 3.02. The van der Waals surface area contributed by atoms with E-state index in [4.69, 9.17) is 11.6 Å². The smallest absolute Gasteiger partial charge is 0.166 e. The van der Waals surface area contributed by atoms with E-state index in [0.717, 1.165) is 11.1 Å². The Balaban J connectivity index is 2.25. The molecule has 0 amide bonds. The number of allylic oxidation sites excluding steroid dienone is 4. The van der Waals surface area contributed by atoms with Gasteiger partial charge in [0.05, 0.1) is 5.57 Å². The van der Waals surface area contributed by atoms with Crippen molar-refractivity contribution in [2.45, 2.75) is 25.9 Å². The minimum atomic E-state index is -4.38. The first-order valence-electron chi connectivity index (χ1n) is 7.70. The third-order valence-corrected chi connectivity index (χ3v) is 4.37. The standard InChI is InChI=1S/C20H16ClF3/c1-13-8-10-14(11-9-13)19-17(15-4-2-5-16(21)12-15)6-3-7-18(19)20(22,23)24/h2,4-5,7-12H,3,6H2,1H3. The van der Waals surface area contributed by atoms with Gasteiger partial charge in [0.25, 0.3) is 0 Å². The van der Waals surface area contributed by atoms with Crippen LogP contribution in [-0.4, -0.2) is 6.18 Å². The Bertz CT molecular complexity index is 812. The van der Waals surface area contributed by atoms with Crippen molar-refractivity contribution in [1.29, 1.82) is 0 Å². The van der Waals surface area contributed by atoms with Gasteiger partial charge in [0.2, 0.25) is 0 Å². The van der Waals surface area contributed by atoms with E-state index in [9.17, 15) is 13.2 Å². The number of rotatable bonds is 2. The molecule has 0 N–H and O–H groups in total. The van der Waals surface area contributed by atoms with Crippen molar-refractivity contribution in [2.75, 3.05) is 0 Å². The zero-order valence-electron chi connectivity index (χ0n) is 13.1. The normalized spacial score (nSPS) is 15.5. The van der Waals surface area contributed by atoms with Crippen LogP contribution in [0, 0.1) is 6.92 Å². The Morgan fingerprint density at radius 1 is 0.958 bits per heavy atom. The summed E-state index contributed by atoms with van der Waals surface area (Å²) in [5, 5.41) is 0.520. The lowest BCUT2D eigenvalue weighted by Gasteiger charge is -2.25. The lowest BCUT2D eigenvalue weighted by molar-refractivity contribution is -0.0874. The molecule has 0 aliphatic heterocycles. The van der Waals surface area contributed by atoms with Gasteiger partial charge in [0.1, 0.15) is 0 Å². The molecule has 124 valence electrons. The van der Waals surface area contributed by atoms with E-state index < -0.39 is 11.7 Å². The average molecular weight is 349 g/mol. The van der Waals surface area contributed by atoms with Crippen molar-refractivity contribution in [3.05, 3.63) is 81.9 Å². The van der Waals surface area contributed by atoms with Crippen LogP contribution in [0.1, 0.15) is 29.5 Å². The molecule has 0 saturated heterocycles. The van der Waals surface area contributed by atoms with Gasteiger partial charge < -0.3 is 0 Å². The summed E-state index contributed by atoms with van der Waals surface area (Å²) >= 11 is 6.05. The zero-order chi connectivity index (χ0) is 17.3. The molecule has 0 spiro atoms. The van der Waals surface area contributed by atoms with E-state index in [2.05, 4.69) is 0 Å². The molecule has 0 fully saturated rings. The van der Waals surface area contributed by atoms with Crippen LogP contribution < -0.4 is 0 Å². The maximum Gasteiger partial charge on any atom is 0.416 e. The maximum atomic E-state index is 13.6. The molecule has 0 radical (unpaired) electrons. The van der Waals surface area contributed by atoms with Crippen molar-refractivity contribution in [2.24, 2.45) is 0 Å². The summed E-state index contributed by atoms with van der Waals surface area (Å²) < 4.78 is 40.8. The monoisotopic (exact) mass is 348 g/mol. The predicted molar refractivity (Wildman–Crippen MR) is 92.8 cm³/mol. The Morgan fingerprint density at radius 2 is 1.67 bits per heavy atom. The lowest BCUT2D eigenvalue weighted by atomic mass is 9.82. The fourth-order valence-corrected chi connectivity index (χ4v) is 3.21. The van der Waals surface area contributed by atoms with Gasteiger partial charge in [-0.1, -0.05) is 59.6 Å². The number of hydrogen-bond donors (Lipinski definition) is 0. The van der Waals surface area contributed by atoms with Gasteiger partial charge in [-0.25, -0.2) is 0 Å². The van der Waals surface area contributed by atoms with E-state index in [1.807, 2.05) is 25.1 Å². The van der Waals surface area contributed by atoms with Gasteiger partial charge in [0.15, 0.2) is 0 Å². The first-order chi connectivity index (χ1) is 11.4. The van der Waals surface area contributed by atoms with Crippen LogP contribution >= 0.6 is 11.6 Å². The molecule has 24 heavy (non-hydrogen) atoms. The first-order valence-corrected chi connectivity index (χ1v) is 8.08. The number of alkyl halides is 3. The second-order valence-electron chi connectivity index (χ2n) is 5.88. The van der Waals surface area contributed by atoms with Gasteiger partial charge in [-0.3, -0.25) is 0 Å². The molecule has 0 aromatic heterocycles. The molecule has 3 rings (SSSR count). The van der Waals surface area contributed by atoms with E-state index in [1.165, 1.54) is 6.08 Å². The van der Waals surface area contributed by atoms with Crippen LogP contribution in [0.5, 0.6) is 0 Å². The van der Waals surface area contributed by atoms with Crippen LogP contribution in [0.25, 0.3) is 11.1 Å². The summed E-state index contributed by atoms with van der Waals surface area (Å²) in [7, 11) is 0. The van der Waals surface area contributed by atoms with Crippen molar-refractivity contribution in [3.8, 4) is 0 Å². The third kappa shape index (κ3) is 3.41. The third-order valence-electron chi connectivity index (χ3n) is 4.13. The number of aryl methyl sites for hydroxylation is 1. The van der Waals surface area contributed by atoms with E-state index >= 15 is 0 Å². The zero-order valence-corrected chi connectivity index (χ0v) is 13.9. The molecule has 0 heterocycles. The molecule has 1 aliphatic carbocycles. The van der Waals surface area contributed by atoms with Gasteiger partial charge in [-0.15, -0.1) is 0 Å². The summed E-state index contributed by atoms with van der Waals surface area (Å²) in [6, 6.07) is 14.2. The minimum absolute atomic E-state index is 0.260. The Morgan fingerprint density at radius 3 is 2.29 bits per heavy atom. The highest BCUT2D eigenvalue weighted by molar-refractivity contribution is 6.30. The van der Waals surface area contributed by atoms with E-state index in [0.29, 0.717) is 29.0 Å². The van der Waals surface area contributed by atoms with Crippen LogP contribution in [0.3, 0.4) is 0 Å². The Hall–Kier alpha value is -2.00. The lowest BCUT2D eigenvalue weighted by Crippen LogP contribution is -2.16. The van der Waals surface area contributed by atoms with Crippen molar-refractivity contribution < 1.29 is 13.2 Å². The van der Waals surface area contributed by atoms with E-state index in [1.54, 1.807) is 30.3 Å². The second kappa shape index (κ2) is 6.48. The van der Waals surface area contributed by atoms with Crippen LogP contribution in [0.4, 0.5) is 13.2 Å². The number of hydrogen-bond acceptors (Lipinski definition) is 0. The highest BCUT2D eigenvalue weighted by atomic mass is 35.5. The topological polar surface area (TPSA) is 0 Å². The number of halogens is 4. The molecule has 2 aromatic carbocycles.